The van der Waals surface area contributed by atoms with Gasteiger partial charge in [0.2, 0.25) is 0 Å². The summed E-state index contributed by atoms with van der Waals surface area (Å²) in [6, 6.07) is 2.08. The molecule has 0 bridgehead atoms. The van der Waals surface area contributed by atoms with Gasteiger partial charge in [-0.1, -0.05) is 0 Å². The predicted octanol–water partition coefficient (Wildman–Crippen LogP) is 2.63. The number of halogens is 1. The summed E-state index contributed by atoms with van der Waals surface area (Å²) in [6.07, 6.45) is 0. The lowest BCUT2D eigenvalue weighted by Gasteiger charge is -1.95. The molecule has 2 rings (SSSR count). The Labute approximate surface area is 93.5 Å². The molecule has 0 aliphatic carbocycles. The van der Waals surface area contributed by atoms with E-state index in [1.807, 2.05) is 6.92 Å². The van der Waals surface area contributed by atoms with Crippen molar-refractivity contribution in [3.8, 4) is 10.6 Å². The van der Waals surface area contributed by atoms with E-state index in [1.165, 1.54) is 8.45 Å². The van der Waals surface area contributed by atoms with Gasteiger partial charge in [-0.3, -0.25) is 5.10 Å². The van der Waals surface area contributed by atoms with Crippen molar-refractivity contribution in [2.75, 3.05) is 5.73 Å². The molecule has 0 aromatic carbocycles. The Kier molecular flexibility index (Phi) is 2.29. The highest BCUT2D eigenvalue weighted by Gasteiger charge is 2.11. The maximum absolute atomic E-state index is 5.66. The number of nitrogens with zero attached hydrogens (tertiary/aromatic N) is 1. The zero-order valence-electron chi connectivity index (χ0n) is 6.97. The van der Waals surface area contributed by atoms with Gasteiger partial charge >= 0.3 is 0 Å². The average molecular weight is 305 g/mol. The minimum absolute atomic E-state index is 0.583. The maximum atomic E-state index is 5.66. The second-order valence-corrected chi connectivity index (χ2v) is 4.78. The summed E-state index contributed by atoms with van der Waals surface area (Å²) in [5.41, 5.74) is 7.72. The van der Waals surface area contributed by atoms with Gasteiger partial charge in [-0.2, -0.15) is 5.10 Å². The molecular weight excluding hydrogens is 297 g/mol. The Balaban J connectivity index is 2.59. The minimum Gasteiger partial charge on any atom is -0.382 e. The van der Waals surface area contributed by atoms with Crippen LogP contribution in [-0.4, -0.2) is 10.2 Å². The lowest BCUT2D eigenvalue weighted by molar-refractivity contribution is 1.10. The van der Waals surface area contributed by atoms with Gasteiger partial charge in [0, 0.05) is 9.13 Å². The summed E-state index contributed by atoms with van der Waals surface area (Å²) < 4.78 is 1.23. The maximum Gasteiger partial charge on any atom is 0.148 e. The zero-order chi connectivity index (χ0) is 9.42. The van der Waals surface area contributed by atoms with Crippen LogP contribution in [0.1, 0.15) is 5.56 Å². The van der Waals surface area contributed by atoms with Crippen LogP contribution < -0.4 is 5.73 Å². The van der Waals surface area contributed by atoms with Gasteiger partial charge in [0.1, 0.15) is 5.82 Å². The number of aromatic amines is 1. The molecule has 0 fully saturated rings. The zero-order valence-corrected chi connectivity index (χ0v) is 9.94. The highest BCUT2D eigenvalue weighted by atomic mass is 127. The summed E-state index contributed by atoms with van der Waals surface area (Å²) in [5, 5.41) is 8.98. The Morgan fingerprint density at radius 3 is 2.85 bits per heavy atom. The third-order valence-electron chi connectivity index (χ3n) is 1.89. The van der Waals surface area contributed by atoms with Crippen molar-refractivity contribution in [3.63, 3.8) is 0 Å². The molecule has 68 valence electrons. The third kappa shape index (κ3) is 1.46. The largest absolute Gasteiger partial charge is 0.382 e. The van der Waals surface area contributed by atoms with E-state index in [0.717, 1.165) is 11.3 Å². The molecule has 3 N–H and O–H groups in total. The fourth-order valence-corrected chi connectivity index (χ4v) is 3.02. The van der Waals surface area contributed by atoms with E-state index < -0.39 is 0 Å². The van der Waals surface area contributed by atoms with Crippen molar-refractivity contribution in [1.82, 2.24) is 10.2 Å². The second-order valence-electron chi connectivity index (χ2n) is 2.71. The molecule has 0 unspecified atom stereocenters. The molecule has 5 heteroatoms. The smallest absolute Gasteiger partial charge is 0.148 e. The van der Waals surface area contributed by atoms with Crippen LogP contribution in [0, 0.1) is 10.5 Å². The number of hydrogen-bond acceptors (Lipinski definition) is 3. The van der Waals surface area contributed by atoms with Gasteiger partial charge in [-0.25, -0.2) is 0 Å². The van der Waals surface area contributed by atoms with E-state index in [9.17, 15) is 0 Å². The van der Waals surface area contributed by atoms with Gasteiger partial charge in [0.25, 0.3) is 0 Å². The molecule has 0 radical (unpaired) electrons. The van der Waals surface area contributed by atoms with Crippen molar-refractivity contribution >= 4 is 39.7 Å². The van der Waals surface area contributed by atoms with Crippen LogP contribution in [0.3, 0.4) is 0 Å². The molecule has 0 amide bonds. The minimum atomic E-state index is 0.583. The molecule has 0 atom stereocenters. The molecule has 13 heavy (non-hydrogen) atoms. The van der Waals surface area contributed by atoms with Crippen LogP contribution in [0.4, 0.5) is 5.82 Å². The van der Waals surface area contributed by atoms with E-state index in [4.69, 9.17) is 5.73 Å². The predicted molar refractivity (Wildman–Crippen MR) is 63.8 cm³/mol. The fraction of sp³-hybridized carbons (Fsp3) is 0.125. The van der Waals surface area contributed by atoms with Crippen LogP contribution in [0.15, 0.2) is 11.4 Å². The SMILES string of the molecule is Cc1c(N)n[nH]c1-c1sccc1I. The van der Waals surface area contributed by atoms with E-state index in [0.29, 0.717) is 5.82 Å². The number of nitrogen functional groups attached to an aromatic ring is 1. The molecule has 0 saturated carbocycles. The first-order valence-corrected chi connectivity index (χ1v) is 5.70. The first-order valence-electron chi connectivity index (χ1n) is 3.74. The normalized spacial score (nSPS) is 10.6. The van der Waals surface area contributed by atoms with Crippen LogP contribution >= 0.6 is 33.9 Å². The molecular formula is C8H8IN3S. The topological polar surface area (TPSA) is 54.7 Å². The van der Waals surface area contributed by atoms with Crippen molar-refractivity contribution < 1.29 is 0 Å². The summed E-state index contributed by atoms with van der Waals surface area (Å²) >= 11 is 4.00. The van der Waals surface area contributed by atoms with Gasteiger partial charge < -0.3 is 5.73 Å². The number of thiophene rings is 1. The average Bonchev–Trinajstić information content (AvgIpc) is 2.62. The summed E-state index contributed by atoms with van der Waals surface area (Å²) in [4.78, 5) is 1.21. The number of aromatic nitrogens is 2. The summed E-state index contributed by atoms with van der Waals surface area (Å²) in [6.45, 7) is 1.98. The van der Waals surface area contributed by atoms with Crippen LogP contribution in [0.25, 0.3) is 10.6 Å². The number of rotatable bonds is 1. The number of anilines is 1. The number of hydrogen-bond donors (Lipinski definition) is 2. The molecule has 3 nitrogen and oxygen atoms in total. The Morgan fingerprint density at radius 1 is 1.62 bits per heavy atom. The molecule has 0 saturated heterocycles. The second kappa shape index (κ2) is 3.30. The first kappa shape index (κ1) is 9.01. The third-order valence-corrected chi connectivity index (χ3v) is 4.09. The summed E-state index contributed by atoms with van der Waals surface area (Å²) in [7, 11) is 0. The lowest BCUT2D eigenvalue weighted by atomic mass is 10.2. The Hall–Kier alpha value is -0.560. The molecule has 0 aliphatic heterocycles. The molecule has 0 aliphatic rings. The first-order chi connectivity index (χ1) is 6.20. The van der Waals surface area contributed by atoms with Gasteiger partial charge in [0.15, 0.2) is 0 Å². The van der Waals surface area contributed by atoms with Gasteiger partial charge in [0.05, 0.1) is 10.6 Å². The monoisotopic (exact) mass is 305 g/mol. The van der Waals surface area contributed by atoms with Crippen LogP contribution in [0.5, 0.6) is 0 Å². The van der Waals surface area contributed by atoms with Crippen molar-refractivity contribution in [2.24, 2.45) is 0 Å². The lowest BCUT2D eigenvalue weighted by Crippen LogP contribution is -1.86. The van der Waals surface area contributed by atoms with Crippen LogP contribution in [-0.2, 0) is 0 Å². The van der Waals surface area contributed by atoms with E-state index in [2.05, 4.69) is 44.2 Å². The van der Waals surface area contributed by atoms with Crippen LogP contribution in [0.2, 0.25) is 0 Å². The number of nitrogens with two attached hydrogens (primary N) is 1. The summed E-state index contributed by atoms with van der Waals surface area (Å²) in [5.74, 6) is 0.583. The van der Waals surface area contributed by atoms with Gasteiger partial charge in [-0.05, 0) is 41.0 Å². The molecule has 0 spiro atoms. The van der Waals surface area contributed by atoms with Crippen molar-refractivity contribution in [3.05, 3.63) is 20.6 Å². The number of nitrogens with one attached hydrogen (secondary N) is 1. The standard InChI is InChI=1S/C8H8IN3S/c1-4-6(11-12-8(4)10)7-5(9)2-3-13-7/h2-3H,1H3,(H3,10,11,12). The molecule has 2 aromatic heterocycles. The fourth-order valence-electron chi connectivity index (χ4n) is 1.11. The number of H-pyrrole nitrogens is 1. The molecule has 2 heterocycles. The van der Waals surface area contributed by atoms with E-state index in [1.54, 1.807) is 11.3 Å². The van der Waals surface area contributed by atoms with Gasteiger partial charge in [-0.15, -0.1) is 11.3 Å². The Morgan fingerprint density at radius 2 is 2.38 bits per heavy atom. The highest BCUT2D eigenvalue weighted by Crippen LogP contribution is 2.32. The molecule has 2 aromatic rings. The van der Waals surface area contributed by atoms with E-state index >= 15 is 0 Å². The van der Waals surface area contributed by atoms with Crippen molar-refractivity contribution in [1.29, 1.82) is 0 Å². The Bertz CT molecular complexity index is 432. The highest BCUT2D eigenvalue weighted by molar-refractivity contribution is 14.1. The quantitative estimate of drug-likeness (QED) is 0.796. The van der Waals surface area contributed by atoms with E-state index in [-0.39, 0.29) is 0 Å². The van der Waals surface area contributed by atoms with Crippen molar-refractivity contribution in [2.45, 2.75) is 6.92 Å².